The van der Waals surface area contributed by atoms with E-state index >= 15 is 0 Å². The lowest BCUT2D eigenvalue weighted by atomic mass is 10.2. The van der Waals surface area contributed by atoms with Crippen molar-refractivity contribution in [3.63, 3.8) is 0 Å². The highest BCUT2D eigenvalue weighted by Crippen LogP contribution is 2.35. The van der Waals surface area contributed by atoms with Gasteiger partial charge >= 0.3 is 5.97 Å². The Hall–Kier alpha value is -2.09. The number of nitrogen functional groups attached to an aromatic ring is 1. The molecule has 1 heterocycles. The molecule has 0 unspecified atom stereocenters. The van der Waals surface area contributed by atoms with Crippen LogP contribution in [0.25, 0.3) is 0 Å². The van der Waals surface area contributed by atoms with Crippen molar-refractivity contribution < 1.29 is 9.90 Å². The summed E-state index contributed by atoms with van der Waals surface area (Å²) in [5, 5.41) is 21.5. The second kappa shape index (κ2) is 5.72. The van der Waals surface area contributed by atoms with E-state index in [1.165, 1.54) is 36.7 Å². The molecular formula is C13H15N5O2S. The van der Waals surface area contributed by atoms with E-state index in [9.17, 15) is 4.79 Å². The standard InChI is InChI=1S/C13H15N5O2S/c14-10-7-8(12(19)20)5-6-11(10)21-13-15-16-17-18(13)9-3-1-2-4-9/h5-7,9H,1-4,14H2,(H,19,20). The van der Waals surface area contributed by atoms with Crippen LogP contribution in [0.2, 0.25) is 0 Å². The summed E-state index contributed by atoms with van der Waals surface area (Å²) in [6, 6.07) is 5.03. The van der Waals surface area contributed by atoms with E-state index in [1.807, 2.05) is 4.68 Å². The maximum atomic E-state index is 10.9. The number of rotatable bonds is 4. The molecule has 21 heavy (non-hydrogen) atoms. The lowest BCUT2D eigenvalue weighted by Gasteiger charge is -2.11. The van der Waals surface area contributed by atoms with Crippen molar-refractivity contribution in [2.45, 2.75) is 41.8 Å². The zero-order valence-electron chi connectivity index (χ0n) is 11.3. The number of anilines is 1. The fraction of sp³-hybridized carbons (Fsp3) is 0.385. The van der Waals surface area contributed by atoms with Gasteiger partial charge in [0.05, 0.1) is 11.6 Å². The fourth-order valence-electron chi connectivity index (χ4n) is 2.50. The molecule has 0 spiro atoms. The fourth-order valence-corrected chi connectivity index (χ4v) is 3.37. The molecule has 3 N–H and O–H groups in total. The van der Waals surface area contributed by atoms with Gasteiger partial charge in [0.15, 0.2) is 0 Å². The number of carboxylic acids is 1. The molecule has 0 saturated heterocycles. The number of nitrogens with zero attached hydrogens (tertiary/aromatic N) is 4. The third kappa shape index (κ3) is 2.85. The van der Waals surface area contributed by atoms with Gasteiger partial charge in [-0.2, -0.15) is 0 Å². The minimum absolute atomic E-state index is 0.173. The van der Waals surface area contributed by atoms with Crippen LogP contribution in [-0.2, 0) is 0 Å². The predicted molar refractivity (Wildman–Crippen MR) is 77.3 cm³/mol. The normalized spacial score (nSPS) is 15.4. The Labute approximate surface area is 125 Å². The molecule has 2 aromatic rings. The summed E-state index contributed by atoms with van der Waals surface area (Å²) in [5.41, 5.74) is 6.51. The lowest BCUT2D eigenvalue weighted by molar-refractivity contribution is 0.0697. The highest BCUT2D eigenvalue weighted by Gasteiger charge is 2.22. The third-order valence-corrected chi connectivity index (χ3v) is 4.63. The van der Waals surface area contributed by atoms with Gasteiger partial charge in [0.25, 0.3) is 0 Å². The molecule has 1 fully saturated rings. The summed E-state index contributed by atoms with van der Waals surface area (Å²) in [7, 11) is 0. The molecular weight excluding hydrogens is 290 g/mol. The van der Waals surface area contributed by atoms with Crippen molar-refractivity contribution in [1.29, 1.82) is 0 Å². The van der Waals surface area contributed by atoms with Crippen molar-refractivity contribution in [3.8, 4) is 0 Å². The second-order valence-corrected chi connectivity index (χ2v) is 6.01. The van der Waals surface area contributed by atoms with E-state index in [1.54, 1.807) is 6.07 Å². The Kier molecular flexibility index (Phi) is 3.78. The van der Waals surface area contributed by atoms with E-state index in [2.05, 4.69) is 15.5 Å². The zero-order chi connectivity index (χ0) is 14.8. The average Bonchev–Trinajstić information content (AvgIpc) is 3.11. The number of carbonyl (C=O) groups is 1. The summed E-state index contributed by atoms with van der Waals surface area (Å²) >= 11 is 1.36. The van der Waals surface area contributed by atoms with Crippen molar-refractivity contribution in [3.05, 3.63) is 23.8 Å². The maximum absolute atomic E-state index is 10.9. The molecule has 1 aromatic carbocycles. The van der Waals surface area contributed by atoms with Gasteiger partial charge < -0.3 is 10.8 Å². The van der Waals surface area contributed by atoms with Crippen LogP contribution in [-0.4, -0.2) is 31.3 Å². The number of nitrogens with two attached hydrogens (primary N) is 1. The Morgan fingerprint density at radius 2 is 2.14 bits per heavy atom. The molecule has 1 aliphatic carbocycles. The summed E-state index contributed by atoms with van der Waals surface area (Å²) < 4.78 is 1.85. The Morgan fingerprint density at radius 3 is 2.81 bits per heavy atom. The molecule has 0 atom stereocenters. The van der Waals surface area contributed by atoms with Crippen LogP contribution >= 0.6 is 11.8 Å². The number of benzene rings is 1. The number of aromatic carboxylic acids is 1. The van der Waals surface area contributed by atoms with Gasteiger partial charge in [0.2, 0.25) is 5.16 Å². The number of aromatic nitrogens is 4. The van der Waals surface area contributed by atoms with Crippen molar-refractivity contribution in [1.82, 2.24) is 20.2 Å². The van der Waals surface area contributed by atoms with Crippen molar-refractivity contribution >= 4 is 23.4 Å². The van der Waals surface area contributed by atoms with Crippen LogP contribution in [0.3, 0.4) is 0 Å². The van der Waals surface area contributed by atoms with Gasteiger partial charge in [-0.3, -0.25) is 0 Å². The smallest absolute Gasteiger partial charge is 0.335 e. The molecule has 110 valence electrons. The van der Waals surface area contributed by atoms with E-state index < -0.39 is 5.97 Å². The maximum Gasteiger partial charge on any atom is 0.335 e. The summed E-state index contributed by atoms with van der Waals surface area (Å²) in [4.78, 5) is 11.7. The lowest BCUT2D eigenvalue weighted by Crippen LogP contribution is -2.08. The molecule has 0 aliphatic heterocycles. The van der Waals surface area contributed by atoms with Crippen LogP contribution in [0, 0.1) is 0 Å². The molecule has 1 saturated carbocycles. The minimum atomic E-state index is -0.992. The highest BCUT2D eigenvalue weighted by molar-refractivity contribution is 7.99. The Morgan fingerprint density at radius 1 is 1.38 bits per heavy atom. The molecule has 1 aliphatic rings. The van der Waals surface area contributed by atoms with Gasteiger partial charge in [0, 0.05) is 10.6 Å². The Balaban J connectivity index is 1.84. The molecule has 0 radical (unpaired) electrons. The van der Waals surface area contributed by atoms with Gasteiger partial charge in [0.1, 0.15) is 0 Å². The van der Waals surface area contributed by atoms with E-state index in [0.717, 1.165) is 17.7 Å². The average molecular weight is 305 g/mol. The molecule has 1 aromatic heterocycles. The Bertz CT molecular complexity index is 666. The van der Waals surface area contributed by atoms with Gasteiger partial charge in [-0.25, -0.2) is 9.48 Å². The third-order valence-electron chi connectivity index (χ3n) is 3.59. The number of tetrazole rings is 1. The molecule has 0 bridgehead atoms. The number of hydrogen-bond acceptors (Lipinski definition) is 6. The SMILES string of the molecule is Nc1cc(C(=O)O)ccc1Sc1nnnn1C1CCCC1. The quantitative estimate of drug-likeness (QED) is 0.834. The summed E-state index contributed by atoms with van der Waals surface area (Å²) in [6.45, 7) is 0. The van der Waals surface area contributed by atoms with E-state index in [4.69, 9.17) is 10.8 Å². The summed E-state index contributed by atoms with van der Waals surface area (Å²) in [5.74, 6) is -0.992. The van der Waals surface area contributed by atoms with Crippen molar-refractivity contribution in [2.24, 2.45) is 0 Å². The highest BCUT2D eigenvalue weighted by atomic mass is 32.2. The predicted octanol–water partition coefficient (Wildman–Crippen LogP) is 2.22. The minimum Gasteiger partial charge on any atom is -0.478 e. The van der Waals surface area contributed by atoms with Gasteiger partial charge in [-0.15, -0.1) is 5.10 Å². The monoisotopic (exact) mass is 305 g/mol. The largest absolute Gasteiger partial charge is 0.478 e. The first-order chi connectivity index (χ1) is 10.1. The van der Waals surface area contributed by atoms with Crippen molar-refractivity contribution in [2.75, 3.05) is 5.73 Å². The number of carboxylic acid groups (broad SMARTS) is 1. The zero-order valence-corrected chi connectivity index (χ0v) is 12.1. The topological polar surface area (TPSA) is 107 Å². The molecule has 8 heteroatoms. The molecule has 0 amide bonds. The van der Waals surface area contributed by atoms with Crippen LogP contribution in [0.4, 0.5) is 5.69 Å². The first-order valence-corrected chi connectivity index (χ1v) is 7.55. The summed E-state index contributed by atoms with van der Waals surface area (Å²) in [6.07, 6.45) is 4.58. The van der Waals surface area contributed by atoms with Gasteiger partial charge in [-0.05, 0) is 53.2 Å². The van der Waals surface area contributed by atoms with Gasteiger partial charge in [-0.1, -0.05) is 12.8 Å². The van der Waals surface area contributed by atoms with Crippen LogP contribution in [0.5, 0.6) is 0 Å². The van der Waals surface area contributed by atoms with Crippen LogP contribution in [0.15, 0.2) is 28.3 Å². The van der Waals surface area contributed by atoms with Crippen LogP contribution < -0.4 is 5.73 Å². The molecule has 7 nitrogen and oxygen atoms in total. The number of hydrogen-bond donors (Lipinski definition) is 2. The second-order valence-electron chi connectivity index (χ2n) is 5.00. The molecule has 3 rings (SSSR count). The van der Waals surface area contributed by atoms with E-state index in [0.29, 0.717) is 16.9 Å². The van der Waals surface area contributed by atoms with E-state index in [-0.39, 0.29) is 5.56 Å². The first kappa shape index (κ1) is 13.9. The van der Waals surface area contributed by atoms with Crippen LogP contribution in [0.1, 0.15) is 42.1 Å². The first-order valence-electron chi connectivity index (χ1n) is 6.73.